The van der Waals surface area contributed by atoms with Crippen molar-refractivity contribution in [2.24, 2.45) is 11.8 Å². The van der Waals surface area contributed by atoms with Gasteiger partial charge in [-0.3, -0.25) is 0 Å². The summed E-state index contributed by atoms with van der Waals surface area (Å²) in [5.41, 5.74) is 4.38. The molecule has 1 nitrogen and oxygen atoms in total. The van der Waals surface area contributed by atoms with Gasteiger partial charge in [0.1, 0.15) is 0 Å². The van der Waals surface area contributed by atoms with Crippen molar-refractivity contribution < 1.29 is 5.11 Å². The van der Waals surface area contributed by atoms with Crippen molar-refractivity contribution in [3.8, 4) is 0 Å². The Labute approximate surface area is 132 Å². The minimum absolute atomic E-state index is 0.163. The summed E-state index contributed by atoms with van der Waals surface area (Å²) in [6, 6.07) is 0. The van der Waals surface area contributed by atoms with E-state index in [0.717, 1.165) is 25.2 Å². The van der Waals surface area contributed by atoms with Gasteiger partial charge in [-0.2, -0.15) is 0 Å². The molecule has 0 saturated heterocycles. The summed E-state index contributed by atoms with van der Waals surface area (Å²) in [6.07, 6.45) is 12.5. The standard InChI is InChI=1S/C20H36O/c1-16(2)9-7-10-19(15-17(3)4)11-8-12-20(13-14-21)18(5)6/h9,11,13,17-18,21H,7-8,10,12,14-15H2,1-6H3/b19-11-,20-13-. The van der Waals surface area contributed by atoms with E-state index in [0.29, 0.717) is 5.92 Å². The smallest absolute Gasteiger partial charge is 0.0615 e. The third-order valence-corrected chi connectivity index (χ3v) is 3.65. The van der Waals surface area contributed by atoms with Gasteiger partial charge in [-0.05, 0) is 57.8 Å². The lowest BCUT2D eigenvalue weighted by molar-refractivity contribution is 0.340. The molecule has 0 radical (unpaired) electrons. The summed E-state index contributed by atoms with van der Waals surface area (Å²) in [4.78, 5) is 0. The summed E-state index contributed by atoms with van der Waals surface area (Å²) in [5, 5.41) is 9.08. The van der Waals surface area contributed by atoms with Crippen LogP contribution in [0.15, 0.2) is 34.9 Å². The first-order chi connectivity index (χ1) is 9.86. The predicted octanol–water partition coefficient (Wildman–Crippen LogP) is 6.06. The predicted molar refractivity (Wildman–Crippen MR) is 95.4 cm³/mol. The highest BCUT2D eigenvalue weighted by Gasteiger charge is 2.04. The summed E-state index contributed by atoms with van der Waals surface area (Å²) in [7, 11) is 0. The second-order valence-electron chi connectivity index (χ2n) is 6.94. The van der Waals surface area contributed by atoms with Crippen LogP contribution in [0.4, 0.5) is 0 Å². The van der Waals surface area contributed by atoms with Gasteiger partial charge in [0.25, 0.3) is 0 Å². The molecule has 0 amide bonds. The Kier molecular flexibility index (Phi) is 11.3. The molecule has 0 atom stereocenters. The number of hydrogen-bond acceptors (Lipinski definition) is 1. The van der Waals surface area contributed by atoms with Crippen molar-refractivity contribution in [2.45, 2.75) is 73.6 Å². The van der Waals surface area contributed by atoms with Crippen molar-refractivity contribution in [3.63, 3.8) is 0 Å². The summed E-state index contributed by atoms with van der Waals surface area (Å²) in [5.74, 6) is 1.25. The fraction of sp³-hybridized carbons (Fsp3) is 0.700. The maximum absolute atomic E-state index is 9.08. The molecule has 0 unspecified atom stereocenters. The van der Waals surface area contributed by atoms with E-state index in [1.54, 1.807) is 5.57 Å². The van der Waals surface area contributed by atoms with Gasteiger partial charge in [0, 0.05) is 0 Å². The second-order valence-corrected chi connectivity index (χ2v) is 6.94. The zero-order chi connectivity index (χ0) is 16.3. The van der Waals surface area contributed by atoms with E-state index in [4.69, 9.17) is 5.11 Å². The molecule has 122 valence electrons. The Morgan fingerprint density at radius 1 is 0.905 bits per heavy atom. The van der Waals surface area contributed by atoms with Gasteiger partial charge in [-0.1, -0.05) is 62.6 Å². The molecule has 1 heteroatoms. The average molecular weight is 293 g/mol. The van der Waals surface area contributed by atoms with Crippen molar-refractivity contribution in [3.05, 3.63) is 34.9 Å². The Bertz CT molecular complexity index is 352. The van der Waals surface area contributed by atoms with Crippen LogP contribution in [-0.4, -0.2) is 11.7 Å². The number of rotatable bonds is 10. The number of allylic oxidation sites excluding steroid dienone is 5. The SMILES string of the molecule is CC(C)=CCC/C(=C/CC/C(=C/CO)C(C)C)CC(C)C. The Morgan fingerprint density at radius 2 is 1.52 bits per heavy atom. The van der Waals surface area contributed by atoms with Crippen LogP contribution in [0, 0.1) is 11.8 Å². The first-order valence-electron chi connectivity index (χ1n) is 8.47. The molecule has 0 aliphatic carbocycles. The van der Waals surface area contributed by atoms with Crippen LogP contribution < -0.4 is 0 Å². The van der Waals surface area contributed by atoms with E-state index < -0.39 is 0 Å². The molecule has 0 aromatic rings. The van der Waals surface area contributed by atoms with E-state index >= 15 is 0 Å². The normalized spacial score (nSPS) is 13.2. The largest absolute Gasteiger partial charge is 0.392 e. The molecule has 0 aliphatic rings. The van der Waals surface area contributed by atoms with E-state index in [2.05, 4.69) is 53.7 Å². The lowest BCUT2D eigenvalue weighted by Crippen LogP contribution is -1.97. The number of hydrogen-bond donors (Lipinski definition) is 1. The molecule has 0 fully saturated rings. The first-order valence-corrected chi connectivity index (χ1v) is 8.47. The molecule has 0 aliphatic heterocycles. The van der Waals surface area contributed by atoms with Gasteiger partial charge in [0.05, 0.1) is 6.61 Å². The van der Waals surface area contributed by atoms with E-state index in [9.17, 15) is 0 Å². The maximum Gasteiger partial charge on any atom is 0.0615 e. The average Bonchev–Trinajstić information content (AvgIpc) is 2.36. The van der Waals surface area contributed by atoms with Crippen molar-refractivity contribution in [2.75, 3.05) is 6.61 Å². The Balaban J connectivity index is 4.54. The van der Waals surface area contributed by atoms with Crippen LogP contribution >= 0.6 is 0 Å². The summed E-state index contributed by atoms with van der Waals surface area (Å²) < 4.78 is 0. The van der Waals surface area contributed by atoms with E-state index in [1.807, 2.05) is 6.08 Å². The molecule has 1 N–H and O–H groups in total. The zero-order valence-electron chi connectivity index (χ0n) is 15.1. The third kappa shape index (κ3) is 11.5. The number of aliphatic hydroxyl groups is 1. The lowest BCUT2D eigenvalue weighted by Gasteiger charge is -2.12. The monoisotopic (exact) mass is 292 g/mol. The minimum Gasteiger partial charge on any atom is -0.392 e. The maximum atomic E-state index is 9.08. The molecule has 0 heterocycles. The van der Waals surface area contributed by atoms with Crippen LogP contribution in [-0.2, 0) is 0 Å². The molecule has 0 bridgehead atoms. The Hall–Kier alpha value is -0.820. The molecule has 0 spiro atoms. The molecular weight excluding hydrogens is 256 g/mol. The van der Waals surface area contributed by atoms with Gasteiger partial charge in [0.15, 0.2) is 0 Å². The van der Waals surface area contributed by atoms with E-state index in [-0.39, 0.29) is 6.61 Å². The van der Waals surface area contributed by atoms with Crippen molar-refractivity contribution >= 4 is 0 Å². The minimum atomic E-state index is 0.163. The van der Waals surface area contributed by atoms with Crippen LogP contribution in [0.2, 0.25) is 0 Å². The molecule has 0 rings (SSSR count). The van der Waals surface area contributed by atoms with Gasteiger partial charge < -0.3 is 5.11 Å². The van der Waals surface area contributed by atoms with Gasteiger partial charge >= 0.3 is 0 Å². The topological polar surface area (TPSA) is 20.2 Å². The van der Waals surface area contributed by atoms with E-state index in [1.165, 1.54) is 24.0 Å². The zero-order valence-corrected chi connectivity index (χ0v) is 15.1. The highest BCUT2D eigenvalue weighted by Crippen LogP contribution is 2.21. The van der Waals surface area contributed by atoms with Gasteiger partial charge in [0.2, 0.25) is 0 Å². The van der Waals surface area contributed by atoms with Gasteiger partial charge in [-0.25, -0.2) is 0 Å². The van der Waals surface area contributed by atoms with Crippen LogP contribution in [0.1, 0.15) is 73.6 Å². The Morgan fingerprint density at radius 3 is 2.00 bits per heavy atom. The van der Waals surface area contributed by atoms with Crippen LogP contribution in [0.5, 0.6) is 0 Å². The van der Waals surface area contributed by atoms with Crippen molar-refractivity contribution in [1.29, 1.82) is 0 Å². The quantitative estimate of drug-likeness (QED) is 0.485. The lowest BCUT2D eigenvalue weighted by atomic mass is 9.94. The highest BCUT2D eigenvalue weighted by atomic mass is 16.2. The molecule has 0 aromatic heterocycles. The summed E-state index contributed by atoms with van der Waals surface area (Å²) >= 11 is 0. The van der Waals surface area contributed by atoms with Crippen LogP contribution in [0.25, 0.3) is 0 Å². The fourth-order valence-corrected chi connectivity index (χ4v) is 2.54. The third-order valence-electron chi connectivity index (χ3n) is 3.65. The van der Waals surface area contributed by atoms with Crippen LogP contribution in [0.3, 0.4) is 0 Å². The summed E-state index contributed by atoms with van der Waals surface area (Å²) in [6.45, 7) is 13.5. The van der Waals surface area contributed by atoms with Gasteiger partial charge in [-0.15, -0.1) is 0 Å². The fourth-order valence-electron chi connectivity index (χ4n) is 2.54. The number of aliphatic hydroxyl groups excluding tert-OH is 1. The second kappa shape index (κ2) is 11.8. The highest BCUT2D eigenvalue weighted by molar-refractivity contribution is 5.10. The molecule has 21 heavy (non-hydrogen) atoms. The first kappa shape index (κ1) is 20.2. The molecule has 0 aromatic carbocycles. The van der Waals surface area contributed by atoms with Crippen molar-refractivity contribution in [1.82, 2.24) is 0 Å². The molecule has 0 saturated carbocycles. The molecular formula is C20H36O.